The Kier molecular flexibility index (Phi) is 17.7. The molecule has 0 aromatic rings. The van der Waals surface area contributed by atoms with E-state index in [1.165, 1.54) is 0 Å². The Morgan fingerprint density at radius 2 is 1.14 bits per heavy atom. The van der Waals surface area contributed by atoms with Crippen molar-refractivity contribution in [2.75, 3.05) is 85.7 Å². The van der Waals surface area contributed by atoms with Gasteiger partial charge in [0.15, 0.2) is 0 Å². The van der Waals surface area contributed by atoms with Crippen molar-refractivity contribution in [3.63, 3.8) is 0 Å². The fourth-order valence-corrected chi connectivity index (χ4v) is 2.12. The van der Waals surface area contributed by atoms with Gasteiger partial charge in [-0.2, -0.15) is 0 Å². The first kappa shape index (κ1) is 27.2. The van der Waals surface area contributed by atoms with Gasteiger partial charge in [-0.05, 0) is 20.8 Å². The van der Waals surface area contributed by atoms with E-state index in [2.05, 4.69) is 0 Å². The van der Waals surface area contributed by atoms with E-state index < -0.39 is 5.60 Å². The molecule has 0 atom stereocenters. The van der Waals surface area contributed by atoms with Gasteiger partial charge >= 0.3 is 5.97 Å². The molecule has 0 aliphatic carbocycles. The third-order valence-electron chi connectivity index (χ3n) is 3.37. The van der Waals surface area contributed by atoms with E-state index in [4.69, 9.17) is 33.9 Å². The molecular weight excluding hydrogens is 370 g/mol. The Bertz CT molecular complexity index is 356. The molecule has 0 unspecified atom stereocenters. The number of nitrogens with zero attached hydrogens (tertiary/aromatic N) is 1. The number of esters is 1. The van der Waals surface area contributed by atoms with Gasteiger partial charge in [-0.25, -0.2) is 0 Å². The number of aliphatic hydroxyl groups excluding tert-OH is 2. The molecule has 0 aromatic heterocycles. The van der Waals surface area contributed by atoms with E-state index in [1.807, 2.05) is 25.7 Å². The molecule has 0 aliphatic heterocycles. The maximum Gasteiger partial charge on any atom is 0.308 e. The third kappa shape index (κ3) is 19.9. The highest BCUT2D eigenvalue weighted by Gasteiger charge is 2.15. The van der Waals surface area contributed by atoms with Crippen LogP contribution in [-0.4, -0.2) is 112 Å². The topological polar surface area (TPSA) is 107 Å². The van der Waals surface area contributed by atoms with Crippen LogP contribution in [0.15, 0.2) is 0 Å². The molecule has 28 heavy (non-hydrogen) atoms. The first-order chi connectivity index (χ1) is 13.4. The van der Waals surface area contributed by atoms with Crippen molar-refractivity contribution in [3.8, 4) is 0 Å². The van der Waals surface area contributed by atoms with E-state index in [9.17, 15) is 4.79 Å². The van der Waals surface area contributed by atoms with Crippen LogP contribution in [0.1, 0.15) is 27.2 Å². The zero-order valence-corrected chi connectivity index (χ0v) is 17.7. The fourth-order valence-electron chi connectivity index (χ4n) is 2.12. The molecule has 0 heterocycles. The molecule has 0 aliphatic rings. The minimum atomic E-state index is -0.467. The second kappa shape index (κ2) is 18.2. The van der Waals surface area contributed by atoms with Crippen LogP contribution in [0.2, 0.25) is 0 Å². The van der Waals surface area contributed by atoms with Crippen molar-refractivity contribution in [1.29, 1.82) is 0 Å². The zero-order valence-electron chi connectivity index (χ0n) is 17.7. The molecule has 0 aromatic carbocycles. The number of carbonyl (C=O) groups excluding carboxylic acids is 1. The lowest BCUT2D eigenvalue weighted by molar-refractivity contribution is -0.156. The van der Waals surface area contributed by atoms with Crippen molar-refractivity contribution < 1.29 is 38.7 Å². The molecule has 0 amide bonds. The quantitative estimate of drug-likeness (QED) is 0.226. The van der Waals surface area contributed by atoms with Gasteiger partial charge in [0.2, 0.25) is 0 Å². The summed E-state index contributed by atoms with van der Waals surface area (Å²) in [5, 5.41) is 17.8. The first-order valence-electron chi connectivity index (χ1n) is 9.86. The largest absolute Gasteiger partial charge is 0.460 e. The van der Waals surface area contributed by atoms with Crippen molar-refractivity contribution >= 4 is 5.97 Å². The van der Waals surface area contributed by atoms with Crippen LogP contribution in [-0.2, 0) is 28.5 Å². The molecule has 168 valence electrons. The SMILES string of the molecule is CC(C)(C)OC(=O)CCOCCOCCOCCOCCN(CCO)CCO. The maximum atomic E-state index is 11.5. The second-order valence-electron chi connectivity index (χ2n) is 7.07. The standard InChI is InChI=1S/C19H39NO8/c1-19(2,3)28-18(23)4-10-24-12-14-26-16-17-27-15-13-25-11-7-20(5-8-21)6-9-22/h21-22H,4-17H2,1-3H3. The van der Waals surface area contributed by atoms with Gasteiger partial charge in [0.25, 0.3) is 0 Å². The van der Waals surface area contributed by atoms with Gasteiger partial charge < -0.3 is 33.9 Å². The predicted molar refractivity (Wildman–Crippen MR) is 104 cm³/mol. The highest BCUT2D eigenvalue weighted by atomic mass is 16.6. The first-order valence-corrected chi connectivity index (χ1v) is 9.86. The van der Waals surface area contributed by atoms with Gasteiger partial charge in [-0.1, -0.05) is 0 Å². The van der Waals surface area contributed by atoms with Gasteiger partial charge in [0.05, 0.1) is 72.5 Å². The van der Waals surface area contributed by atoms with E-state index in [0.29, 0.717) is 72.5 Å². The van der Waals surface area contributed by atoms with E-state index >= 15 is 0 Å². The summed E-state index contributed by atoms with van der Waals surface area (Å²) in [4.78, 5) is 13.4. The smallest absolute Gasteiger partial charge is 0.308 e. The Morgan fingerprint density at radius 3 is 1.57 bits per heavy atom. The van der Waals surface area contributed by atoms with Gasteiger partial charge in [0.1, 0.15) is 5.60 Å². The van der Waals surface area contributed by atoms with Crippen LogP contribution in [0.5, 0.6) is 0 Å². The number of rotatable bonds is 19. The fraction of sp³-hybridized carbons (Fsp3) is 0.947. The third-order valence-corrected chi connectivity index (χ3v) is 3.37. The lowest BCUT2D eigenvalue weighted by Crippen LogP contribution is -2.33. The maximum absolute atomic E-state index is 11.5. The molecule has 9 nitrogen and oxygen atoms in total. The molecule has 0 saturated heterocycles. The minimum absolute atomic E-state index is 0.0674. The number of carbonyl (C=O) groups is 1. The molecule has 0 spiro atoms. The summed E-state index contributed by atoms with van der Waals surface area (Å²) in [5.41, 5.74) is -0.467. The van der Waals surface area contributed by atoms with Crippen LogP contribution >= 0.6 is 0 Å². The van der Waals surface area contributed by atoms with Crippen LogP contribution in [0.4, 0.5) is 0 Å². The Labute approximate surface area is 168 Å². The number of hydrogen-bond acceptors (Lipinski definition) is 9. The van der Waals surface area contributed by atoms with Crippen LogP contribution in [0, 0.1) is 0 Å². The molecular formula is C19H39NO8. The van der Waals surface area contributed by atoms with Crippen molar-refractivity contribution in [1.82, 2.24) is 4.90 Å². The summed E-state index contributed by atoms with van der Waals surface area (Å²) in [7, 11) is 0. The molecule has 0 fully saturated rings. The normalized spacial score (nSPS) is 11.9. The van der Waals surface area contributed by atoms with Gasteiger partial charge in [-0.15, -0.1) is 0 Å². The van der Waals surface area contributed by atoms with Crippen LogP contribution in [0.3, 0.4) is 0 Å². The Morgan fingerprint density at radius 1 is 0.714 bits per heavy atom. The summed E-state index contributed by atoms with van der Waals surface area (Å²) in [6.07, 6.45) is 0.234. The number of ether oxygens (including phenoxy) is 5. The molecule has 0 rings (SSSR count). The Hall–Kier alpha value is -0.810. The molecule has 9 heteroatoms. The average molecular weight is 410 g/mol. The average Bonchev–Trinajstić information content (AvgIpc) is 2.60. The van der Waals surface area contributed by atoms with E-state index in [-0.39, 0.29) is 25.6 Å². The van der Waals surface area contributed by atoms with E-state index in [0.717, 1.165) is 0 Å². The summed E-state index contributed by atoms with van der Waals surface area (Å²) in [6, 6.07) is 0. The minimum Gasteiger partial charge on any atom is -0.460 e. The molecule has 2 N–H and O–H groups in total. The number of aliphatic hydroxyl groups is 2. The van der Waals surface area contributed by atoms with Crippen molar-refractivity contribution in [2.24, 2.45) is 0 Å². The molecule has 0 bridgehead atoms. The molecule has 0 saturated carbocycles. The summed E-state index contributed by atoms with van der Waals surface area (Å²) in [5.74, 6) is -0.265. The monoisotopic (exact) mass is 409 g/mol. The Balaban J connectivity index is 3.28. The van der Waals surface area contributed by atoms with Crippen LogP contribution in [0.25, 0.3) is 0 Å². The summed E-state index contributed by atoms with van der Waals surface area (Å²) < 4.78 is 26.7. The lowest BCUT2D eigenvalue weighted by atomic mass is 10.2. The summed E-state index contributed by atoms with van der Waals surface area (Å²) >= 11 is 0. The lowest BCUT2D eigenvalue weighted by Gasteiger charge is -2.19. The highest BCUT2D eigenvalue weighted by molar-refractivity contribution is 5.69. The predicted octanol–water partition coefficient (Wildman–Crippen LogP) is 0.0712. The van der Waals surface area contributed by atoms with Gasteiger partial charge in [0, 0.05) is 19.6 Å². The van der Waals surface area contributed by atoms with Crippen molar-refractivity contribution in [3.05, 3.63) is 0 Å². The van der Waals surface area contributed by atoms with E-state index in [1.54, 1.807) is 0 Å². The van der Waals surface area contributed by atoms with Crippen molar-refractivity contribution in [2.45, 2.75) is 32.8 Å². The van der Waals surface area contributed by atoms with Crippen LogP contribution < -0.4 is 0 Å². The molecule has 0 radical (unpaired) electrons. The number of hydrogen-bond donors (Lipinski definition) is 2. The summed E-state index contributed by atoms with van der Waals surface area (Å²) in [6.45, 7) is 11.0. The van der Waals surface area contributed by atoms with Gasteiger partial charge in [-0.3, -0.25) is 9.69 Å². The second-order valence-corrected chi connectivity index (χ2v) is 7.07. The highest BCUT2D eigenvalue weighted by Crippen LogP contribution is 2.07. The zero-order chi connectivity index (χ0) is 21.1.